The zero-order valence-corrected chi connectivity index (χ0v) is 14.7. The molecule has 0 saturated heterocycles. The SMILES string of the molecule is COc1cc(/C=N\NC(=O)Cc2ccc(Cl)cc2)cc(Cl)c1OC. The van der Waals surface area contributed by atoms with Crippen LogP contribution in [0.1, 0.15) is 11.1 Å². The second-order valence-electron chi connectivity index (χ2n) is 4.83. The lowest BCUT2D eigenvalue weighted by molar-refractivity contribution is -0.120. The summed E-state index contributed by atoms with van der Waals surface area (Å²) in [5.74, 6) is 0.696. The van der Waals surface area contributed by atoms with Gasteiger partial charge in [-0.3, -0.25) is 4.79 Å². The lowest BCUT2D eigenvalue weighted by Crippen LogP contribution is -2.19. The summed E-state index contributed by atoms with van der Waals surface area (Å²) in [6, 6.07) is 10.4. The van der Waals surface area contributed by atoms with Crippen LogP contribution in [-0.4, -0.2) is 26.3 Å². The number of nitrogens with zero attached hydrogens (tertiary/aromatic N) is 1. The first-order chi connectivity index (χ1) is 11.5. The van der Waals surface area contributed by atoms with Crippen molar-refractivity contribution in [3.63, 3.8) is 0 Å². The lowest BCUT2D eigenvalue weighted by Gasteiger charge is -2.09. The third-order valence-corrected chi connectivity index (χ3v) is 3.67. The average molecular weight is 367 g/mol. The molecule has 7 heteroatoms. The number of hydrogen-bond acceptors (Lipinski definition) is 4. The van der Waals surface area contributed by atoms with E-state index >= 15 is 0 Å². The number of carbonyl (C=O) groups excluding carboxylic acids is 1. The number of rotatable bonds is 6. The first kappa shape index (κ1) is 18.1. The number of ether oxygens (including phenoxy) is 2. The van der Waals surface area contributed by atoms with Crippen molar-refractivity contribution in [2.75, 3.05) is 14.2 Å². The molecule has 0 aromatic heterocycles. The Morgan fingerprint density at radius 3 is 2.50 bits per heavy atom. The van der Waals surface area contributed by atoms with Gasteiger partial charge in [0.15, 0.2) is 11.5 Å². The van der Waals surface area contributed by atoms with Crippen molar-refractivity contribution in [2.24, 2.45) is 5.10 Å². The predicted octanol–water partition coefficient (Wildman–Crippen LogP) is 3.70. The Bertz CT molecular complexity index is 746. The number of hydrogen-bond donors (Lipinski definition) is 1. The lowest BCUT2D eigenvalue weighted by atomic mass is 10.1. The molecule has 0 bridgehead atoms. The fourth-order valence-electron chi connectivity index (χ4n) is 2.02. The minimum Gasteiger partial charge on any atom is -0.493 e. The molecule has 2 rings (SSSR count). The third kappa shape index (κ3) is 4.88. The van der Waals surface area contributed by atoms with E-state index in [0.29, 0.717) is 27.1 Å². The van der Waals surface area contributed by atoms with E-state index < -0.39 is 0 Å². The smallest absolute Gasteiger partial charge is 0.244 e. The molecular formula is C17H16Cl2N2O3. The highest BCUT2D eigenvalue weighted by molar-refractivity contribution is 6.32. The van der Waals surface area contributed by atoms with Gasteiger partial charge in [0.1, 0.15) is 0 Å². The second kappa shape index (κ2) is 8.57. The van der Waals surface area contributed by atoms with Crippen LogP contribution in [0.25, 0.3) is 0 Å². The molecular weight excluding hydrogens is 351 g/mol. The van der Waals surface area contributed by atoms with Crippen molar-refractivity contribution in [2.45, 2.75) is 6.42 Å². The summed E-state index contributed by atoms with van der Waals surface area (Å²) in [6.07, 6.45) is 1.69. The minimum atomic E-state index is -0.236. The van der Waals surface area contributed by atoms with Crippen molar-refractivity contribution in [3.8, 4) is 11.5 Å². The van der Waals surface area contributed by atoms with Crippen molar-refractivity contribution < 1.29 is 14.3 Å². The highest BCUT2D eigenvalue weighted by Crippen LogP contribution is 2.35. The summed E-state index contributed by atoms with van der Waals surface area (Å²) < 4.78 is 10.4. The number of methoxy groups -OCH3 is 2. The van der Waals surface area contributed by atoms with E-state index in [4.69, 9.17) is 32.7 Å². The van der Waals surface area contributed by atoms with Gasteiger partial charge >= 0.3 is 0 Å². The van der Waals surface area contributed by atoms with E-state index in [-0.39, 0.29) is 12.3 Å². The standard InChI is InChI=1S/C17H16Cl2N2O3/c1-23-15-8-12(7-14(19)17(15)24-2)10-20-21-16(22)9-11-3-5-13(18)6-4-11/h3-8,10H,9H2,1-2H3,(H,21,22)/b20-10-. The molecule has 0 heterocycles. The average Bonchev–Trinajstić information content (AvgIpc) is 2.56. The largest absolute Gasteiger partial charge is 0.493 e. The fraction of sp³-hybridized carbons (Fsp3) is 0.176. The van der Waals surface area contributed by atoms with Crippen LogP contribution < -0.4 is 14.9 Å². The van der Waals surface area contributed by atoms with Crippen molar-refractivity contribution in [1.29, 1.82) is 0 Å². The molecule has 2 aromatic rings. The fourth-order valence-corrected chi connectivity index (χ4v) is 2.44. The molecule has 2 aromatic carbocycles. The van der Waals surface area contributed by atoms with E-state index in [2.05, 4.69) is 10.5 Å². The van der Waals surface area contributed by atoms with Gasteiger partial charge in [0, 0.05) is 5.02 Å². The monoisotopic (exact) mass is 366 g/mol. The number of nitrogens with one attached hydrogen (secondary N) is 1. The number of carbonyl (C=O) groups is 1. The maximum absolute atomic E-state index is 11.8. The van der Waals surface area contributed by atoms with Crippen molar-refractivity contribution in [1.82, 2.24) is 5.43 Å². The van der Waals surface area contributed by atoms with Crippen LogP contribution in [0.15, 0.2) is 41.5 Å². The normalized spacial score (nSPS) is 10.7. The van der Waals surface area contributed by atoms with Crippen LogP contribution in [-0.2, 0) is 11.2 Å². The van der Waals surface area contributed by atoms with Gasteiger partial charge in [-0.15, -0.1) is 0 Å². The molecule has 0 spiro atoms. The molecule has 0 aliphatic rings. The van der Waals surface area contributed by atoms with Gasteiger partial charge in [-0.1, -0.05) is 35.3 Å². The molecule has 1 N–H and O–H groups in total. The highest BCUT2D eigenvalue weighted by atomic mass is 35.5. The van der Waals surface area contributed by atoms with Gasteiger partial charge in [-0.05, 0) is 35.4 Å². The molecule has 126 valence electrons. The minimum absolute atomic E-state index is 0.210. The summed E-state index contributed by atoms with van der Waals surface area (Å²) in [6.45, 7) is 0. The second-order valence-corrected chi connectivity index (χ2v) is 5.68. The maximum atomic E-state index is 11.8. The third-order valence-electron chi connectivity index (χ3n) is 3.14. The summed E-state index contributed by atoms with van der Waals surface area (Å²) in [5.41, 5.74) is 3.98. The zero-order valence-electron chi connectivity index (χ0n) is 13.2. The Morgan fingerprint density at radius 2 is 1.88 bits per heavy atom. The Balaban J connectivity index is 1.99. The van der Waals surface area contributed by atoms with Crippen LogP contribution in [0.5, 0.6) is 11.5 Å². The van der Waals surface area contributed by atoms with Crippen LogP contribution in [0.4, 0.5) is 0 Å². The number of halogens is 2. The highest BCUT2D eigenvalue weighted by Gasteiger charge is 2.10. The number of benzene rings is 2. The maximum Gasteiger partial charge on any atom is 0.244 e. The van der Waals surface area contributed by atoms with Crippen LogP contribution >= 0.6 is 23.2 Å². The Labute approximate surface area is 150 Å². The molecule has 5 nitrogen and oxygen atoms in total. The van der Waals surface area contributed by atoms with Gasteiger partial charge in [-0.25, -0.2) is 5.43 Å². The van der Waals surface area contributed by atoms with E-state index in [0.717, 1.165) is 5.56 Å². The molecule has 0 atom stereocenters. The molecule has 0 fully saturated rings. The van der Waals surface area contributed by atoms with E-state index in [1.54, 1.807) is 36.4 Å². The summed E-state index contributed by atoms with van der Waals surface area (Å²) in [5, 5.41) is 4.94. The first-order valence-electron chi connectivity index (χ1n) is 7.01. The van der Waals surface area contributed by atoms with Gasteiger partial charge in [0.2, 0.25) is 5.91 Å². The van der Waals surface area contributed by atoms with E-state index in [1.165, 1.54) is 20.4 Å². The van der Waals surface area contributed by atoms with Crippen LogP contribution in [0.2, 0.25) is 10.0 Å². The number of hydrazone groups is 1. The van der Waals surface area contributed by atoms with Gasteiger partial charge in [0.25, 0.3) is 0 Å². The molecule has 1 amide bonds. The molecule has 0 aliphatic carbocycles. The predicted molar refractivity (Wildman–Crippen MR) is 95.4 cm³/mol. The van der Waals surface area contributed by atoms with Crippen molar-refractivity contribution >= 4 is 35.3 Å². The number of amides is 1. The topological polar surface area (TPSA) is 59.9 Å². The molecule has 0 unspecified atom stereocenters. The molecule has 0 radical (unpaired) electrons. The quantitative estimate of drug-likeness (QED) is 0.626. The molecule has 0 aliphatic heterocycles. The Kier molecular flexibility index (Phi) is 6.46. The first-order valence-corrected chi connectivity index (χ1v) is 7.77. The summed E-state index contributed by atoms with van der Waals surface area (Å²) in [7, 11) is 3.03. The van der Waals surface area contributed by atoms with Crippen LogP contribution in [0.3, 0.4) is 0 Å². The van der Waals surface area contributed by atoms with E-state index in [9.17, 15) is 4.79 Å². The van der Waals surface area contributed by atoms with Gasteiger partial charge in [0.05, 0.1) is 31.9 Å². The summed E-state index contributed by atoms with van der Waals surface area (Å²) >= 11 is 11.9. The molecule has 0 saturated carbocycles. The Hall–Kier alpha value is -2.24. The van der Waals surface area contributed by atoms with Crippen LogP contribution in [0, 0.1) is 0 Å². The zero-order chi connectivity index (χ0) is 17.5. The van der Waals surface area contributed by atoms with Gasteiger partial charge in [-0.2, -0.15) is 5.10 Å². The van der Waals surface area contributed by atoms with Gasteiger partial charge < -0.3 is 9.47 Å². The van der Waals surface area contributed by atoms with E-state index in [1.807, 2.05) is 0 Å². The summed E-state index contributed by atoms with van der Waals surface area (Å²) in [4.78, 5) is 11.8. The Morgan fingerprint density at radius 1 is 1.17 bits per heavy atom. The van der Waals surface area contributed by atoms with Crippen molar-refractivity contribution in [3.05, 3.63) is 57.6 Å². The molecule has 24 heavy (non-hydrogen) atoms.